The summed E-state index contributed by atoms with van der Waals surface area (Å²) in [4.78, 5) is 1.34. The molecule has 0 aliphatic carbocycles. The zero-order valence-electron chi connectivity index (χ0n) is 7.52. The molecule has 0 aliphatic rings. The van der Waals surface area contributed by atoms with Crippen LogP contribution in [0.4, 0.5) is 0 Å². The Hall–Kier alpha value is 0.430. The molecule has 0 spiro atoms. The Balaban J connectivity index is 2.38. The molecule has 74 valence electrons. The van der Waals surface area contributed by atoms with E-state index in [1.807, 2.05) is 0 Å². The molecule has 0 aliphatic heterocycles. The first-order valence-electron chi connectivity index (χ1n) is 4.29. The van der Waals surface area contributed by atoms with Crippen LogP contribution in [0, 0.1) is 0 Å². The number of alkyl halides is 1. The summed E-state index contributed by atoms with van der Waals surface area (Å²) in [5.74, 6) is 0.680. The predicted octanol–water partition coefficient (Wildman–Crippen LogP) is 3.62. The van der Waals surface area contributed by atoms with Crippen molar-refractivity contribution in [2.75, 3.05) is 5.88 Å². The van der Waals surface area contributed by atoms with Crippen molar-refractivity contribution >= 4 is 38.9 Å². The maximum atomic E-state index is 5.78. The maximum Gasteiger partial charge on any atom is 0.0377 e. The SMILES string of the molecule is CCC(CCl)NCc1sccc1Br. The Morgan fingerprint density at radius 3 is 2.92 bits per heavy atom. The average molecular weight is 283 g/mol. The van der Waals surface area contributed by atoms with Crippen molar-refractivity contribution in [3.63, 3.8) is 0 Å². The lowest BCUT2D eigenvalue weighted by Gasteiger charge is -2.12. The highest BCUT2D eigenvalue weighted by Gasteiger charge is 2.05. The summed E-state index contributed by atoms with van der Waals surface area (Å²) in [6, 6.07) is 2.50. The van der Waals surface area contributed by atoms with Crippen LogP contribution in [0.2, 0.25) is 0 Å². The minimum absolute atomic E-state index is 0.427. The van der Waals surface area contributed by atoms with Crippen molar-refractivity contribution < 1.29 is 0 Å². The fourth-order valence-corrected chi connectivity index (χ4v) is 2.77. The van der Waals surface area contributed by atoms with Crippen LogP contribution in [-0.4, -0.2) is 11.9 Å². The molecule has 1 nitrogen and oxygen atoms in total. The third kappa shape index (κ3) is 3.58. The van der Waals surface area contributed by atoms with Gasteiger partial charge >= 0.3 is 0 Å². The van der Waals surface area contributed by atoms with E-state index in [-0.39, 0.29) is 0 Å². The van der Waals surface area contributed by atoms with Crippen LogP contribution in [0.3, 0.4) is 0 Å². The van der Waals surface area contributed by atoms with E-state index in [9.17, 15) is 0 Å². The topological polar surface area (TPSA) is 12.0 Å². The lowest BCUT2D eigenvalue weighted by atomic mass is 10.2. The van der Waals surface area contributed by atoms with E-state index in [2.05, 4.69) is 39.6 Å². The molecule has 0 saturated carbocycles. The Morgan fingerprint density at radius 2 is 2.46 bits per heavy atom. The van der Waals surface area contributed by atoms with E-state index in [4.69, 9.17) is 11.6 Å². The highest BCUT2D eigenvalue weighted by molar-refractivity contribution is 9.10. The summed E-state index contributed by atoms with van der Waals surface area (Å²) in [6.45, 7) is 3.05. The summed E-state index contributed by atoms with van der Waals surface area (Å²) >= 11 is 11.0. The molecule has 0 saturated heterocycles. The number of halogens is 2. The van der Waals surface area contributed by atoms with Gasteiger partial charge in [-0.25, -0.2) is 0 Å². The van der Waals surface area contributed by atoms with Crippen molar-refractivity contribution in [3.8, 4) is 0 Å². The van der Waals surface area contributed by atoms with Crippen LogP contribution in [0.5, 0.6) is 0 Å². The highest BCUT2D eigenvalue weighted by Crippen LogP contribution is 2.22. The largest absolute Gasteiger partial charge is 0.308 e. The molecule has 1 heterocycles. The van der Waals surface area contributed by atoms with Crippen LogP contribution in [0.1, 0.15) is 18.2 Å². The fraction of sp³-hybridized carbons (Fsp3) is 0.556. The van der Waals surface area contributed by atoms with E-state index >= 15 is 0 Å². The van der Waals surface area contributed by atoms with Crippen LogP contribution in [-0.2, 0) is 6.54 Å². The summed E-state index contributed by atoms with van der Waals surface area (Å²) in [5.41, 5.74) is 0. The van der Waals surface area contributed by atoms with E-state index in [1.54, 1.807) is 11.3 Å². The number of thiophene rings is 1. The van der Waals surface area contributed by atoms with Gasteiger partial charge in [-0.05, 0) is 33.8 Å². The van der Waals surface area contributed by atoms with Crippen molar-refractivity contribution in [1.29, 1.82) is 0 Å². The molecule has 0 aromatic carbocycles. The van der Waals surface area contributed by atoms with Crippen molar-refractivity contribution in [1.82, 2.24) is 5.32 Å². The van der Waals surface area contributed by atoms with Gasteiger partial charge in [0, 0.05) is 27.8 Å². The molecule has 1 aromatic rings. The third-order valence-corrected chi connectivity index (χ3v) is 4.22. The van der Waals surface area contributed by atoms with Gasteiger partial charge in [0.05, 0.1) is 0 Å². The van der Waals surface area contributed by atoms with Gasteiger partial charge in [-0.1, -0.05) is 6.92 Å². The van der Waals surface area contributed by atoms with Crippen molar-refractivity contribution in [2.45, 2.75) is 25.9 Å². The molecule has 1 rings (SSSR count). The first kappa shape index (κ1) is 11.5. The standard InChI is InChI=1S/C9H13BrClNS/c1-2-7(5-11)12-6-9-8(10)3-4-13-9/h3-4,7,12H,2,5-6H2,1H3. The fourth-order valence-electron chi connectivity index (χ4n) is 0.996. The van der Waals surface area contributed by atoms with Gasteiger partial charge in [-0.3, -0.25) is 0 Å². The lowest BCUT2D eigenvalue weighted by molar-refractivity contribution is 0.541. The Bertz CT molecular complexity index is 248. The Labute approximate surface area is 96.6 Å². The molecule has 4 heteroatoms. The molecule has 1 N–H and O–H groups in total. The summed E-state index contributed by atoms with van der Waals surface area (Å²) < 4.78 is 1.19. The molecule has 0 radical (unpaired) electrons. The molecule has 0 fully saturated rings. The highest BCUT2D eigenvalue weighted by atomic mass is 79.9. The quantitative estimate of drug-likeness (QED) is 0.814. The zero-order valence-corrected chi connectivity index (χ0v) is 10.7. The zero-order chi connectivity index (χ0) is 9.68. The predicted molar refractivity (Wildman–Crippen MR) is 63.7 cm³/mol. The smallest absolute Gasteiger partial charge is 0.0377 e. The Morgan fingerprint density at radius 1 is 1.69 bits per heavy atom. The minimum atomic E-state index is 0.427. The van der Waals surface area contributed by atoms with Crippen LogP contribution < -0.4 is 5.32 Å². The normalized spacial score (nSPS) is 13.2. The summed E-state index contributed by atoms with van der Waals surface area (Å²) in [7, 11) is 0. The second-order valence-corrected chi connectivity index (χ2v) is 5.00. The van der Waals surface area contributed by atoms with Gasteiger partial charge in [0.2, 0.25) is 0 Å². The van der Waals surface area contributed by atoms with Gasteiger partial charge in [0.1, 0.15) is 0 Å². The van der Waals surface area contributed by atoms with Gasteiger partial charge < -0.3 is 5.32 Å². The molecule has 1 unspecified atom stereocenters. The van der Waals surface area contributed by atoms with Crippen LogP contribution in [0.25, 0.3) is 0 Å². The summed E-state index contributed by atoms with van der Waals surface area (Å²) in [6.07, 6.45) is 1.08. The van der Waals surface area contributed by atoms with Gasteiger partial charge in [0.15, 0.2) is 0 Å². The molecular weight excluding hydrogens is 270 g/mol. The second kappa shape index (κ2) is 6.02. The number of hydrogen-bond donors (Lipinski definition) is 1. The van der Waals surface area contributed by atoms with Crippen LogP contribution >= 0.6 is 38.9 Å². The van der Waals surface area contributed by atoms with E-state index < -0.39 is 0 Å². The molecule has 1 aromatic heterocycles. The number of nitrogens with one attached hydrogen (secondary N) is 1. The molecule has 1 atom stereocenters. The third-order valence-electron chi connectivity index (χ3n) is 1.92. The molecular formula is C9H13BrClNS. The van der Waals surface area contributed by atoms with Gasteiger partial charge in [-0.2, -0.15) is 0 Å². The van der Waals surface area contributed by atoms with E-state index in [0.29, 0.717) is 11.9 Å². The Kier molecular flexibility index (Phi) is 5.32. The van der Waals surface area contributed by atoms with Crippen molar-refractivity contribution in [3.05, 3.63) is 20.8 Å². The molecule has 0 bridgehead atoms. The molecule has 13 heavy (non-hydrogen) atoms. The van der Waals surface area contributed by atoms with Gasteiger partial charge in [0.25, 0.3) is 0 Å². The number of hydrogen-bond acceptors (Lipinski definition) is 2. The maximum absolute atomic E-state index is 5.78. The minimum Gasteiger partial charge on any atom is -0.308 e. The van der Waals surface area contributed by atoms with Crippen LogP contribution in [0.15, 0.2) is 15.9 Å². The molecule has 0 amide bonds. The number of rotatable bonds is 5. The summed E-state index contributed by atoms with van der Waals surface area (Å²) in [5, 5.41) is 5.50. The lowest BCUT2D eigenvalue weighted by Crippen LogP contribution is -2.29. The monoisotopic (exact) mass is 281 g/mol. The van der Waals surface area contributed by atoms with E-state index in [0.717, 1.165) is 13.0 Å². The van der Waals surface area contributed by atoms with Gasteiger partial charge in [-0.15, -0.1) is 22.9 Å². The first-order chi connectivity index (χ1) is 6.27. The average Bonchev–Trinajstić information content (AvgIpc) is 2.54. The van der Waals surface area contributed by atoms with E-state index in [1.165, 1.54) is 9.35 Å². The van der Waals surface area contributed by atoms with Crippen molar-refractivity contribution in [2.24, 2.45) is 0 Å². The first-order valence-corrected chi connectivity index (χ1v) is 6.49. The second-order valence-electron chi connectivity index (χ2n) is 2.83.